The number of rotatable bonds is 3. The summed E-state index contributed by atoms with van der Waals surface area (Å²) < 4.78 is 1.74. The van der Waals surface area contributed by atoms with Gasteiger partial charge in [0.15, 0.2) is 5.65 Å². The monoisotopic (exact) mass is 207 g/mol. The molecule has 2 heterocycles. The predicted molar refractivity (Wildman–Crippen MR) is 52.4 cm³/mol. The molecule has 0 amide bonds. The summed E-state index contributed by atoms with van der Waals surface area (Å²) >= 11 is 0. The van der Waals surface area contributed by atoms with Crippen LogP contribution in [-0.4, -0.2) is 37.1 Å². The van der Waals surface area contributed by atoms with Crippen LogP contribution in [0.25, 0.3) is 11.2 Å². The standard InChI is InChI=1S/C8H9N5O2/c1-13-4-11-5-2-9-8(12-7(5)13)10-3-6(14)15/h2,4H,3H2,1H3,(H,14,15)(H,9,10,12). The van der Waals surface area contributed by atoms with E-state index < -0.39 is 5.97 Å². The number of hydrogen-bond acceptors (Lipinski definition) is 5. The van der Waals surface area contributed by atoms with Gasteiger partial charge in [-0.15, -0.1) is 0 Å². The summed E-state index contributed by atoms with van der Waals surface area (Å²) in [6.07, 6.45) is 3.17. The second-order valence-electron chi connectivity index (χ2n) is 3.01. The number of nitrogens with one attached hydrogen (secondary N) is 1. The van der Waals surface area contributed by atoms with Gasteiger partial charge in [-0.2, -0.15) is 4.98 Å². The zero-order chi connectivity index (χ0) is 10.8. The van der Waals surface area contributed by atoms with Gasteiger partial charge in [-0.3, -0.25) is 4.79 Å². The molecule has 0 bridgehead atoms. The zero-order valence-electron chi connectivity index (χ0n) is 8.01. The van der Waals surface area contributed by atoms with E-state index in [0.717, 1.165) is 0 Å². The number of hydrogen-bond donors (Lipinski definition) is 2. The molecule has 2 aromatic rings. The molecule has 0 aromatic carbocycles. The Morgan fingerprint density at radius 1 is 1.60 bits per heavy atom. The molecule has 0 saturated carbocycles. The first-order chi connectivity index (χ1) is 7.16. The Bertz CT molecular complexity index is 507. The van der Waals surface area contributed by atoms with Crippen molar-refractivity contribution in [2.75, 3.05) is 11.9 Å². The van der Waals surface area contributed by atoms with Crippen molar-refractivity contribution < 1.29 is 9.90 Å². The van der Waals surface area contributed by atoms with Crippen molar-refractivity contribution in [3.05, 3.63) is 12.5 Å². The average molecular weight is 207 g/mol. The molecular formula is C8H9N5O2. The van der Waals surface area contributed by atoms with Gasteiger partial charge in [-0.05, 0) is 0 Å². The molecule has 2 aromatic heterocycles. The van der Waals surface area contributed by atoms with Crippen LogP contribution >= 0.6 is 0 Å². The van der Waals surface area contributed by atoms with Gasteiger partial charge in [-0.25, -0.2) is 9.97 Å². The molecule has 0 spiro atoms. The van der Waals surface area contributed by atoms with Gasteiger partial charge < -0.3 is 15.0 Å². The van der Waals surface area contributed by atoms with E-state index in [2.05, 4.69) is 20.3 Å². The molecular weight excluding hydrogens is 198 g/mol. The lowest BCUT2D eigenvalue weighted by Gasteiger charge is -2.00. The van der Waals surface area contributed by atoms with Crippen molar-refractivity contribution in [3.63, 3.8) is 0 Å². The number of aryl methyl sites for hydroxylation is 1. The van der Waals surface area contributed by atoms with Crippen LogP contribution in [0.1, 0.15) is 0 Å². The van der Waals surface area contributed by atoms with Crippen molar-refractivity contribution in [2.24, 2.45) is 7.05 Å². The highest BCUT2D eigenvalue weighted by molar-refractivity contribution is 5.73. The minimum Gasteiger partial charge on any atom is -0.480 e. The topological polar surface area (TPSA) is 92.9 Å². The van der Waals surface area contributed by atoms with Crippen LogP contribution in [0, 0.1) is 0 Å². The molecule has 0 atom stereocenters. The Balaban J connectivity index is 2.29. The maximum Gasteiger partial charge on any atom is 0.322 e. The lowest BCUT2D eigenvalue weighted by Crippen LogP contribution is -2.14. The van der Waals surface area contributed by atoms with E-state index in [1.54, 1.807) is 17.1 Å². The van der Waals surface area contributed by atoms with Crippen LogP contribution in [-0.2, 0) is 11.8 Å². The number of carboxylic acids is 1. The Morgan fingerprint density at radius 2 is 2.40 bits per heavy atom. The molecule has 7 heteroatoms. The first kappa shape index (κ1) is 9.38. The first-order valence-corrected chi connectivity index (χ1v) is 4.26. The number of imidazole rings is 1. The number of anilines is 1. The maximum atomic E-state index is 10.3. The summed E-state index contributed by atoms with van der Waals surface area (Å²) in [5, 5.41) is 11.1. The predicted octanol–water partition coefficient (Wildman–Crippen LogP) is -0.140. The zero-order valence-corrected chi connectivity index (χ0v) is 8.01. The van der Waals surface area contributed by atoms with Gasteiger partial charge in [0.25, 0.3) is 0 Å². The first-order valence-electron chi connectivity index (χ1n) is 4.26. The van der Waals surface area contributed by atoms with Crippen LogP contribution in [0.15, 0.2) is 12.5 Å². The highest BCUT2D eigenvalue weighted by atomic mass is 16.4. The van der Waals surface area contributed by atoms with Crippen molar-refractivity contribution in [1.82, 2.24) is 19.5 Å². The molecule has 78 valence electrons. The lowest BCUT2D eigenvalue weighted by atomic mass is 10.5. The van der Waals surface area contributed by atoms with Gasteiger partial charge in [0.05, 0.1) is 12.5 Å². The number of carbonyl (C=O) groups is 1. The maximum absolute atomic E-state index is 10.3. The molecule has 15 heavy (non-hydrogen) atoms. The van der Waals surface area contributed by atoms with Crippen molar-refractivity contribution in [1.29, 1.82) is 0 Å². The average Bonchev–Trinajstić information content (AvgIpc) is 2.57. The largest absolute Gasteiger partial charge is 0.480 e. The van der Waals surface area contributed by atoms with Crippen LogP contribution in [0.3, 0.4) is 0 Å². The summed E-state index contributed by atoms with van der Waals surface area (Å²) in [7, 11) is 1.81. The molecule has 0 unspecified atom stereocenters. The fourth-order valence-electron chi connectivity index (χ4n) is 1.16. The minimum absolute atomic E-state index is 0.205. The molecule has 0 aliphatic rings. The van der Waals surface area contributed by atoms with E-state index in [0.29, 0.717) is 11.2 Å². The molecule has 0 fully saturated rings. The molecule has 2 rings (SSSR count). The van der Waals surface area contributed by atoms with Crippen molar-refractivity contribution in [2.45, 2.75) is 0 Å². The molecule has 0 saturated heterocycles. The number of aliphatic carboxylic acids is 1. The molecule has 0 radical (unpaired) electrons. The molecule has 2 N–H and O–H groups in total. The fraction of sp³-hybridized carbons (Fsp3) is 0.250. The molecule has 0 aliphatic carbocycles. The fourth-order valence-corrected chi connectivity index (χ4v) is 1.16. The van der Waals surface area contributed by atoms with E-state index in [4.69, 9.17) is 5.11 Å². The lowest BCUT2D eigenvalue weighted by molar-refractivity contribution is -0.134. The summed E-state index contributed by atoms with van der Waals surface area (Å²) in [5.74, 6) is -0.669. The van der Waals surface area contributed by atoms with Crippen molar-refractivity contribution in [3.8, 4) is 0 Å². The van der Waals surface area contributed by atoms with E-state index in [-0.39, 0.29) is 12.5 Å². The van der Waals surface area contributed by atoms with Gasteiger partial charge in [0.2, 0.25) is 5.95 Å². The van der Waals surface area contributed by atoms with Crippen LogP contribution < -0.4 is 5.32 Å². The van der Waals surface area contributed by atoms with E-state index in [1.807, 2.05) is 7.05 Å². The van der Waals surface area contributed by atoms with Crippen LogP contribution in [0.2, 0.25) is 0 Å². The highest BCUT2D eigenvalue weighted by Gasteiger charge is 2.04. The summed E-state index contributed by atoms with van der Waals surface area (Å²) in [6.45, 7) is -0.205. The quantitative estimate of drug-likeness (QED) is 0.727. The molecule has 7 nitrogen and oxygen atoms in total. The Hall–Kier alpha value is -2.18. The normalized spacial score (nSPS) is 10.5. The molecule has 0 aliphatic heterocycles. The van der Waals surface area contributed by atoms with Crippen LogP contribution in [0.5, 0.6) is 0 Å². The smallest absolute Gasteiger partial charge is 0.322 e. The number of fused-ring (bicyclic) bond motifs is 1. The summed E-state index contributed by atoms with van der Waals surface area (Å²) in [4.78, 5) is 22.4. The third-order valence-corrected chi connectivity index (χ3v) is 1.85. The van der Waals surface area contributed by atoms with Gasteiger partial charge in [0.1, 0.15) is 12.1 Å². The number of carboxylic acid groups (broad SMARTS) is 1. The Morgan fingerprint density at radius 3 is 3.13 bits per heavy atom. The second kappa shape index (κ2) is 3.52. The Labute approximate surface area is 84.8 Å². The van der Waals surface area contributed by atoms with Gasteiger partial charge in [0, 0.05) is 7.05 Å². The highest BCUT2D eigenvalue weighted by Crippen LogP contribution is 2.09. The summed E-state index contributed by atoms with van der Waals surface area (Å²) in [6, 6.07) is 0. The van der Waals surface area contributed by atoms with E-state index in [9.17, 15) is 4.79 Å². The van der Waals surface area contributed by atoms with E-state index >= 15 is 0 Å². The van der Waals surface area contributed by atoms with Crippen molar-refractivity contribution >= 4 is 23.1 Å². The van der Waals surface area contributed by atoms with Gasteiger partial charge >= 0.3 is 5.97 Å². The minimum atomic E-state index is -0.955. The second-order valence-corrected chi connectivity index (χ2v) is 3.01. The third kappa shape index (κ3) is 1.85. The third-order valence-electron chi connectivity index (χ3n) is 1.85. The van der Waals surface area contributed by atoms with Crippen LogP contribution in [0.4, 0.5) is 5.95 Å². The number of aromatic nitrogens is 4. The Kier molecular flexibility index (Phi) is 2.20. The number of nitrogens with zero attached hydrogens (tertiary/aromatic N) is 4. The van der Waals surface area contributed by atoms with E-state index in [1.165, 1.54) is 0 Å². The van der Waals surface area contributed by atoms with Gasteiger partial charge in [-0.1, -0.05) is 0 Å². The summed E-state index contributed by atoms with van der Waals surface area (Å²) in [5.41, 5.74) is 1.34. The SMILES string of the molecule is Cn1cnc2cnc(NCC(=O)O)nc21.